The molecule has 2 rings (SSSR count). The Kier molecular flexibility index (Phi) is 3.88. The summed E-state index contributed by atoms with van der Waals surface area (Å²) in [5, 5.41) is 0. The summed E-state index contributed by atoms with van der Waals surface area (Å²) in [6, 6.07) is 5.96. The van der Waals surface area contributed by atoms with E-state index >= 15 is 0 Å². The van der Waals surface area contributed by atoms with Crippen molar-refractivity contribution in [3.05, 3.63) is 29.3 Å². The molecular weight excluding hydrogens is 242 g/mol. The molecule has 1 atom stereocenters. The van der Waals surface area contributed by atoms with Gasteiger partial charge in [-0.1, -0.05) is 17.7 Å². The fraction of sp³-hybridized carbons (Fsp3) is 0.467. The molecule has 1 aromatic carbocycles. The predicted octanol–water partition coefficient (Wildman–Crippen LogP) is 2.22. The third kappa shape index (κ3) is 2.78. The van der Waals surface area contributed by atoms with Crippen molar-refractivity contribution in [1.82, 2.24) is 0 Å². The van der Waals surface area contributed by atoms with Crippen LogP contribution in [0.3, 0.4) is 0 Å². The fourth-order valence-corrected chi connectivity index (χ4v) is 2.47. The van der Waals surface area contributed by atoms with Gasteiger partial charge in [-0.25, -0.2) is 0 Å². The first-order chi connectivity index (χ1) is 9.02. The molecule has 1 heterocycles. The molecule has 1 aromatic rings. The lowest BCUT2D eigenvalue weighted by Gasteiger charge is -2.19. The van der Waals surface area contributed by atoms with Crippen LogP contribution in [-0.2, 0) is 14.3 Å². The van der Waals surface area contributed by atoms with E-state index in [9.17, 15) is 9.59 Å². The van der Waals surface area contributed by atoms with Gasteiger partial charge in [-0.05, 0) is 32.4 Å². The number of carbonyl (C=O) groups excluding carboxylic acids is 2. The van der Waals surface area contributed by atoms with Gasteiger partial charge in [-0.15, -0.1) is 0 Å². The van der Waals surface area contributed by atoms with Crippen molar-refractivity contribution >= 4 is 17.6 Å². The highest BCUT2D eigenvalue weighted by Crippen LogP contribution is 2.28. The first-order valence-electron chi connectivity index (χ1n) is 6.57. The van der Waals surface area contributed by atoms with Gasteiger partial charge in [0.15, 0.2) is 0 Å². The van der Waals surface area contributed by atoms with Crippen LogP contribution in [0.15, 0.2) is 18.2 Å². The summed E-state index contributed by atoms with van der Waals surface area (Å²) in [6.45, 7) is 6.54. The van der Waals surface area contributed by atoms with Crippen LogP contribution in [0.1, 0.15) is 24.5 Å². The lowest BCUT2D eigenvalue weighted by Crippen LogP contribution is -2.27. The van der Waals surface area contributed by atoms with Crippen LogP contribution in [0.4, 0.5) is 5.69 Å². The van der Waals surface area contributed by atoms with E-state index in [0.29, 0.717) is 13.2 Å². The van der Waals surface area contributed by atoms with Gasteiger partial charge in [0.2, 0.25) is 5.91 Å². The van der Waals surface area contributed by atoms with Gasteiger partial charge in [-0.3, -0.25) is 9.59 Å². The molecule has 1 fully saturated rings. The molecule has 0 spiro atoms. The Labute approximate surface area is 113 Å². The fourth-order valence-electron chi connectivity index (χ4n) is 2.47. The Morgan fingerprint density at radius 3 is 2.79 bits per heavy atom. The van der Waals surface area contributed by atoms with Crippen LogP contribution in [0.25, 0.3) is 0 Å². The molecule has 4 nitrogen and oxygen atoms in total. The highest BCUT2D eigenvalue weighted by Gasteiger charge is 2.36. The Hall–Kier alpha value is -1.84. The highest BCUT2D eigenvalue weighted by atomic mass is 16.5. The van der Waals surface area contributed by atoms with Crippen LogP contribution >= 0.6 is 0 Å². The van der Waals surface area contributed by atoms with Gasteiger partial charge in [0.25, 0.3) is 0 Å². The summed E-state index contributed by atoms with van der Waals surface area (Å²) < 4.78 is 4.99. The van der Waals surface area contributed by atoms with E-state index in [1.165, 1.54) is 0 Å². The molecule has 1 aliphatic heterocycles. The minimum atomic E-state index is -0.340. The maximum Gasteiger partial charge on any atom is 0.311 e. The van der Waals surface area contributed by atoms with E-state index in [1.54, 1.807) is 11.8 Å². The topological polar surface area (TPSA) is 46.6 Å². The number of esters is 1. The third-order valence-corrected chi connectivity index (χ3v) is 3.39. The number of rotatable bonds is 3. The first-order valence-corrected chi connectivity index (χ1v) is 6.57. The lowest BCUT2D eigenvalue weighted by atomic mass is 10.1. The molecule has 0 saturated carbocycles. The molecule has 0 radical (unpaired) electrons. The van der Waals surface area contributed by atoms with Gasteiger partial charge in [-0.2, -0.15) is 0 Å². The maximum atomic E-state index is 12.0. The van der Waals surface area contributed by atoms with Crippen LogP contribution < -0.4 is 4.90 Å². The molecular formula is C15H19NO3. The molecule has 1 saturated heterocycles. The molecule has 1 aliphatic rings. The summed E-state index contributed by atoms with van der Waals surface area (Å²) in [5.74, 6) is -0.624. The predicted molar refractivity (Wildman–Crippen MR) is 73.0 cm³/mol. The normalized spacial score (nSPS) is 18.8. The van der Waals surface area contributed by atoms with Crippen LogP contribution in [0.5, 0.6) is 0 Å². The monoisotopic (exact) mass is 261 g/mol. The number of hydrogen-bond donors (Lipinski definition) is 0. The standard InChI is InChI=1S/C15H19NO3/c1-4-19-15(18)12-8-14(17)16(9-12)13-6-5-10(2)7-11(13)3/h5-7,12H,4,8-9H2,1-3H3/t12-/m1/s1. The van der Waals surface area contributed by atoms with Gasteiger partial charge < -0.3 is 9.64 Å². The third-order valence-electron chi connectivity index (χ3n) is 3.39. The molecule has 0 aromatic heterocycles. The molecule has 1 amide bonds. The molecule has 102 valence electrons. The summed E-state index contributed by atoms with van der Waals surface area (Å²) >= 11 is 0. The van der Waals surface area contributed by atoms with Crippen LogP contribution in [0.2, 0.25) is 0 Å². The second-order valence-corrected chi connectivity index (χ2v) is 4.95. The number of nitrogens with zero attached hydrogens (tertiary/aromatic N) is 1. The minimum Gasteiger partial charge on any atom is -0.466 e. The number of anilines is 1. The Morgan fingerprint density at radius 1 is 1.42 bits per heavy atom. The summed E-state index contributed by atoms with van der Waals surface area (Å²) in [7, 11) is 0. The second-order valence-electron chi connectivity index (χ2n) is 4.95. The SMILES string of the molecule is CCOC(=O)[C@@H]1CC(=O)N(c2ccc(C)cc2C)C1. The van der Waals surface area contributed by atoms with E-state index in [0.717, 1.165) is 16.8 Å². The van der Waals surface area contributed by atoms with Crippen molar-refractivity contribution in [2.75, 3.05) is 18.1 Å². The number of aryl methyl sites for hydroxylation is 2. The zero-order valence-corrected chi connectivity index (χ0v) is 11.6. The van der Waals surface area contributed by atoms with Gasteiger partial charge in [0.05, 0.1) is 12.5 Å². The molecule has 0 N–H and O–H groups in total. The van der Waals surface area contributed by atoms with E-state index in [1.807, 2.05) is 32.0 Å². The molecule has 4 heteroatoms. The summed E-state index contributed by atoms with van der Waals surface area (Å²) in [5.41, 5.74) is 3.11. The number of benzene rings is 1. The van der Waals surface area contributed by atoms with E-state index in [2.05, 4.69) is 0 Å². The zero-order valence-electron chi connectivity index (χ0n) is 11.6. The van der Waals surface area contributed by atoms with Crippen molar-refractivity contribution < 1.29 is 14.3 Å². The van der Waals surface area contributed by atoms with Gasteiger partial charge >= 0.3 is 5.97 Å². The van der Waals surface area contributed by atoms with E-state index < -0.39 is 0 Å². The molecule has 0 bridgehead atoms. The highest BCUT2D eigenvalue weighted by molar-refractivity contribution is 6.00. The van der Waals surface area contributed by atoms with Crippen molar-refractivity contribution in [2.45, 2.75) is 27.2 Å². The van der Waals surface area contributed by atoms with Crippen molar-refractivity contribution in [1.29, 1.82) is 0 Å². The largest absolute Gasteiger partial charge is 0.466 e. The van der Waals surface area contributed by atoms with Gasteiger partial charge in [0.1, 0.15) is 0 Å². The second kappa shape index (κ2) is 5.43. The summed E-state index contributed by atoms with van der Waals surface area (Å²) in [4.78, 5) is 25.4. The van der Waals surface area contributed by atoms with Crippen molar-refractivity contribution in [3.63, 3.8) is 0 Å². The Morgan fingerprint density at radius 2 is 2.16 bits per heavy atom. The number of carbonyl (C=O) groups is 2. The Balaban J connectivity index is 2.18. The number of ether oxygens (including phenoxy) is 1. The van der Waals surface area contributed by atoms with Gasteiger partial charge in [0, 0.05) is 18.7 Å². The number of hydrogen-bond acceptors (Lipinski definition) is 3. The Bertz CT molecular complexity index is 510. The smallest absolute Gasteiger partial charge is 0.311 e. The molecule has 19 heavy (non-hydrogen) atoms. The number of amides is 1. The average molecular weight is 261 g/mol. The zero-order chi connectivity index (χ0) is 14.0. The molecule has 0 unspecified atom stereocenters. The lowest BCUT2D eigenvalue weighted by molar-refractivity contribution is -0.147. The van der Waals surface area contributed by atoms with Crippen LogP contribution in [0, 0.1) is 19.8 Å². The first kappa shape index (κ1) is 13.6. The summed E-state index contributed by atoms with van der Waals surface area (Å²) in [6.07, 6.45) is 0.242. The van der Waals surface area contributed by atoms with E-state index in [4.69, 9.17) is 4.74 Å². The van der Waals surface area contributed by atoms with E-state index in [-0.39, 0.29) is 24.2 Å². The maximum absolute atomic E-state index is 12.0. The van der Waals surface area contributed by atoms with Crippen molar-refractivity contribution in [2.24, 2.45) is 5.92 Å². The quantitative estimate of drug-likeness (QED) is 0.784. The average Bonchev–Trinajstić information content (AvgIpc) is 2.72. The minimum absolute atomic E-state index is 0.00925. The van der Waals surface area contributed by atoms with Crippen LogP contribution in [-0.4, -0.2) is 25.0 Å². The molecule has 0 aliphatic carbocycles. The van der Waals surface area contributed by atoms with Crippen molar-refractivity contribution in [3.8, 4) is 0 Å².